The number of hydrogen-bond donors (Lipinski definition) is 3. The van der Waals surface area contributed by atoms with Gasteiger partial charge in [0.2, 0.25) is 5.91 Å². The summed E-state index contributed by atoms with van der Waals surface area (Å²) in [4.78, 5) is 27.6. The summed E-state index contributed by atoms with van der Waals surface area (Å²) in [5, 5.41) is 6.79. The number of hydrogen-bond acceptors (Lipinski definition) is 3. The number of nitrogens with one attached hydrogen (secondary N) is 3. The number of carbonyl (C=O) groups is 2. The Balaban J connectivity index is 1.35. The number of anilines is 2. The van der Waals surface area contributed by atoms with Gasteiger partial charge in [-0.2, -0.15) is 0 Å². The van der Waals surface area contributed by atoms with E-state index in [0.717, 1.165) is 29.3 Å². The lowest BCUT2D eigenvalue weighted by molar-refractivity contribution is -0.124. The van der Waals surface area contributed by atoms with Crippen molar-refractivity contribution in [2.24, 2.45) is 0 Å². The number of fused-ring (bicyclic) bond motifs is 1. The predicted molar refractivity (Wildman–Crippen MR) is 105 cm³/mol. The van der Waals surface area contributed by atoms with Crippen LogP contribution in [0.2, 0.25) is 0 Å². The molecule has 27 heavy (non-hydrogen) atoms. The van der Waals surface area contributed by atoms with E-state index in [2.05, 4.69) is 15.6 Å². The van der Waals surface area contributed by atoms with E-state index >= 15 is 0 Å². The summed E-state index contributed by atoms with van der Waals surface area (Å²) in [5.41, 5.74) is 3.36. The molecule has 1 atom stereocenters. The first-order valence-electron chi connectivity index (χ1n) is 9.06. The molecule has 0 bridgehead atoms. The van der Waals surface area contributed by atoms with E-state index in [1.54, 1.807) is 24.3 Å². The van der Waals surface area contributed by atoms with Gasteiger partial charge < -0.3 is 20.4 Å². The fourth-order valence-electron chi connectivity index (χ4n) is 3.30. The molecular formula is C21H21N3O3. The minimum absolute atomic E-state index is 0.0871. The fraction of sp³-hybridized carbons (Fsp3) is 0.238. The number of aromatic nitrogens is 1. The highest BCUT2D eigenvalue weighted by atomic mass is 16.5. The van der Waals surface area contributed by atoms with E-state index in [1.807, 2.05) is 30.5 Å². The quantitative estimate of drug-likeness (QED) is 0.649. The second-order valence-corrected chi connectivity index (χ2v) is 6.65. The number of rotatable bonds is 5. The number of ether oxygens (including phenoxy) is 1. The standard InChI is InChI=1S/C21H21N3O3/c25-20(12-14-13-22-18-5-2-1-4-17(14)18)23-15-7-9-16(10-8-15)24-21(26)19-6-3-11-27-19/h1-2,4-5,7-10,13,19,22H,3,6,11-12H2,(H,23,25)(H,24,26). The molecular weight excluding hydrogens is 342 g/mol. The first-order valence-corrected chi connectivity index (χ1v) is 9.06. The molecule has 0 saturated carbocycles. The first-order chi connectivity index (χ1) is 13.2. The molecule has 4 rings (SSSR count). The summed E-state index contributed by atoms with van der Waals surface area (Å²) in [6.45, 7) is 0.638. The van der Waals surface area contributed by atoms with E-state index < -0.39 is 0 Å². The molecule has 6 heteroatoms. The maximum Gasteiger partial charge on any atom is 0.253 e. The molecule has 3 aromatic rings. The Kier molecular flexibility index (Phi) is 4.89. The predicted octanol–water partition coefficient (Wildman–Crippen LogP) is 3.47. The van der Waals surface area contributed by atoms with Crippen LogP contribution in [0.3, 0.4) is 0 Å². The summed E-state index contributed by atoms with van der Waals surface area (Å²) < 4.78 is 5.37. The highest BCUT2D eigenvalue weighted by Crippen LogP contribution is 2.20. The third-order valence-electron chi connectivity index (χ3n) is 4.68. The number of para-hydroxylation sites is 1. The number of aromatic amines is 1. The van der Waals surface area contributed by atoms with Gasteiger partial charge in [-0.05, 0) is 48.7 Å². The van der Waals surface area contributed by atoms with Crippen LogP contribution < -0.4 is 10.6 Å². The lowest BCUT2D eigenvalue weighted by Crippen LogP contribution is -2.26. The molecule has 138 valence electrons. The Bertz CT molecular complexity index is 956. The summed E-state index contributed by atoms with van der Waals surface area (Å²) >= 11 is 0. The topological polar surface area (TPSA) is 83.2 Å². The zero-order chi connectivity index (χ0) is 18.6. The molecule has 6 nitrogen and oxygen atoms in total. The maximum absolute atomic E-state index is 12.3. The lowest BCUT2D eigenvalue weighted by atomic mass is 10.1. The summed E-state index contributed by atoms with van der Waals surface area (Å²) in [6, 6.07) is 15.0. The first kappa shape index (κ1) is 17.3. The van der Waals surface area contributed by atoms with Gasteiger partial charge in [0.1, 0.15) is 6.10 Å². The van der Waals surface area contributed by atoms with Gasteiger partial charge in [0.05, 0.1) is 6.42 Å². The van der Waals surface area contributed by atoms with Crippen molar-refractivity contribution in [1.82, 2.24) is 4.98 Å². The van der Waals surface area contributed by atoms with Gasteiger partial charge in [-0.3, -0.25) is 9.59 Å². The molecule has 1 fully saturated rings. The largest absolute Gasteiger partial charge is 0.368 e. The van der Waals surface area contributed by atoms with Gasteiger partial charge in [-0.25, -0.2) is 0 Å². The summed E-state index contributed by atoms with van der Waals surface area (Å²) in [6.07, 6.45) is 3.48. The van der Waals surface area contributed by atoms with Gasteiger partial charge in [0, 0.05) is 35.1 Å². The minimum atomic E-state index is -0.361. The molecule has 1 aliphatic heterocycles. The van der Waals surface area contributed by atoms with E-state index in [4.69, 9.17) is 4.74 Å². The van der Waals surface area contributed by atoms with Crippen LogP contribution >= 0.6 is 0 Å². The van der Waals surface area contributed by atoms with Crippen LogP contribution in [0, 0.1) is 0 Å². The summed E-state index contributed by atoms with van der Waals surface area (Å²) in [7, 11) is 0. The van der Waals surface area contributed by atoms with E-state index in [-0.39, 0.29) is 17.9 Å². The summed E-state index contributed by atoms with van der Waals surface area (Å²) in [5.74, 6) is -0.209. The van der Waals surface area contributed by atoms with Crippen LogP contribution in [0.15, 0.2) is 54.7 Å². The molecule has 1 aromatic heterocycles. The monoisotopic (exact) mass is 363 g/mol. The number of H-pyrrole nitrogens is 1. The third-order valence-corrected chi connectivity index (χ3v) is 4.68. The molecule has 3 N–H and O–H groups in total. The van der Waals surface area contributed by atoms with E-state index in [9.17, 15) is 9.59 Å². The second-order valence-electron chi connectivity index (χ2n) is 6.65. The van der Waals surface area contributed by atoms with Crippen molar-refractivity contribution in [3.63, 3.8) is 0 Å². The van der Waals surface area contributed by atoms with Crippen LogP contribution in [0.1, 0.15) is 18.4 Å². The zero-order valence-electron chi connectivity index (χ0n) is 14.8. The van der Waals surface area contributed by atoms with Gasteiger partial charge in [-0.1, -0.05) is 18.2 Å². The van der Waals surface area contributed by atoms with Crippen molar-refractivity contribution in [3.8, 4) is 0 Å². The van der Waals surface area contributed by atoms with Crippen molar-refractivity contribution in [3.05, 3.63) is 60.3 Å². The van der Waals surface area contributed by atoms with Gasteiger partial charge in [0.25, 0.3) is 5.91 Å². The van der Waals surface area contributed by atoms with Gasteiger partial charge >= 0.3 is 0 Å². The zero-order valence-corrected chi connectivity index (χ0v) is 14.8. The van der Waals surface area contributed by atoms with Crippen molar-refractivity contribution >= 4 is 34.1 Å². The number of benzene rings is 2. The number of amides is 2. The fourth-order valence-corrected chi connectivity index (χ4v) is 3.30. The van der Waals surface area contributed by atoms with Crippen LogP contribution in [0.25, 0.3) is 10.9 Å². The molecule has 0 radical (unpaired) electrons. The Labute approximate surface area is 156 Å². The van der Waals surface area contributed by atoms with Gasteiger partial charge in [-0.15, -0.1) is 0 Å². The molecule has 1 saturated heterocycles. The second kappa shape index (κ2) is 7.63. The van der Waals surface area contributed by atoms with Crippen LogP contribution in [-0.4, -0.2) is 29.5 Å². The molecule has 1 aliphatic rings. The van der Waals surface area contributed by atoms with Crippen LogP contribution in [0.5, 0.6) is 0 Å². The molecule has 1 unspecified atom stereocenters. The maximum atomic E-state index is 12.3. The normalized spacial score (nSPS) is 16.4. The minimum Gasteiger partial charge on any atom is -0.368 e. The SMILES string of the molecule is O=C(Cc1c[nH]c2ccccc12)Nc1ccc(NC(=O)C2CCCO2)cc1. The average molecular weight is 363 g/mol. The van der Waals surface area contributed by atoms with E-state index in [0.29, 0.717) is 24.4 Å². The van der Waals surface area contributed by atoms with Crippen molar-refractivity contribution in [2.75, 3.05) is 17.2 Å². The smallest absolute Gasteiger partial charge is 0.253 e. The Morgan fingerprint density at radius 3 is 2.52 bits per heavy atom. The van der Waals surface area contributed by atoms with Crippen molar-refractivity contribution in [2.45, 2.75) is 25.4 Å². The van der Waals surface area contributed by atoms with E-state index in [1.165, 1.54) is 0 Å². The Morgan fingerprint density at radius 2 is 1.78 bits per heavy atom. The third kappa shape index (κ3) is 4.01. The Hall–Kier alpha value is -3.12. The molecule has 2 aromatic carbocycles. The molecule has 2 amide bonds. The highest BCUT2D eigenvalue weighted by Gasteiger charge is 2.23. The molecule has 2 heterocycles. The van der Waals surface area contributed by atoms with Crippen molar-refractivity contribution in [1.29, 1.82) is 0 Å². The lowest BCUT2D eigenvalue weighted by Gasteiger charge is -2.11. The average Bonchev–Trinajstić information content (AvgIpc) is 3.34. The highest BCUT2D eigenvalue weighted by molar-refractivity contribution is 5.97. The van der Waals surface area contributed by atoms with Gasteiger partial charge in [0.15, 0.2) is 0 Å². The molecule has 0 aliphatic carbocycles. The van der Waals surface area contributed by atoms with Crippen molar-refractivity contribution < 1.29 is 14.3 Å². The number of carbonyl (C=O) groups excluding carboxylic acids is 2. The van der Waals surface area contributed by atoms with Crippen LogP contribution in [0.4, 0.5) is 11.4 Å². The van der Waals surface area contributed by atoms with Crippen LogP contribution in [-0.2, 0) is 20.7 Å². The molecule has 0 spiro atoms. The Morgan fingerprint density at radius 1 is 1.04 bits per heavy atom.